The van der Waals surface area contributed by atoms with Crippen molar-refractivity contribution in [3.05, 3.63) is 0 Å². The lowest BCUT2D eigenvalue weighted by atomic mass is 9.84. The number of carbonyl (C=O) groups is 1. The van der Waals surface area contributed by atoms with Gasteiger partial charge in [-0.3, -0.25) is 10.1 Å². The summed E-state index contributed by atoms with van der Waals surface area (Å²) < 4.78 is 0. The number of rotatable bonds is 4. The summed E-state index contributed by atoms with van der Waals surface area (Å²) in [6.45, 7) is 8.81. The van der Waals surface area contributed by atoms with E-state index in [-0.39, 0.29) is 12.2 Å². The first kappa shape index (κ1) is 14.8. The lowest BCUT2D eigenvalue weighted by Crippen LogP contribution is -2.44. The third kappa shape index (κ3) is 3.31. The Kier molecular flexibility index (Phi) is 4.88. The Balaban J connectivity index is 1.95. The van der Waals surface area contributed by atoms with Crippen molar-refractivity contribution in [1.82, 2.24) is 10.2 Å². The van der Waals surface area contributed by atoms with Gasteiger partial charge in [-0.2, -0.15) is 0 Å². The average Bonchev–Trinajstić information content (AvgIpc) is 2.64. The predicted molar refractivity (Wildman–Crippen MR) is 78.7 cm³/mol. The Bertz CT molecular complexity index is 308. The van der Waals surface area contributed by atoms with E-state index in [1.54, 1.807) is 0 Å². The molecule has 1 N–H and O–H groups in total. The number of amides is 1. The minimum atomic E-state index is 0.0545. The Morgan fingerprint density at radius 2 is 1.89 bits per heavy atom. The van der Waals surface area contributed by atoms with Gasteiger partial charge in [0.1, 0.15) is 0 Å². The zero-order valence-electron chi connectivity index (χ0n) is 13.0. The van der Waals surface area contributed by atoms with Crippen LogP contribution in [0.3, 0.4) is 0 Å². The third-order valence-corrected chi connectivity index (χ3v) is 4.91. The second-order valence-electron chi connectivity index (χ2n) is 6.85. The van der Waals surface area contributed by atoms with E-state index in [1.807, 2.05) is 0 Å². The third-order valence-electron chi connectivity index (χ3n) is 4.91. The molecule has 0 radical (unpaired) electrons. The second-order valence-corrected chi connectivity index (χ2v) is 6.85. The van der Waals surface area contributed by atoms with E-state index in [4.69, 9.17) is 0 Å². The van der Waals surface area contributed by atoms with Crippen molar-refractivity contribution < 1.29 is 4.79 Å². The average molecular weight is 266 g/mol. The van der Waals surface area contributed by atoms with Crippen LogP contribution >= 0.6 is 0 Å². The summed E-state index contributed by atoms with van der Waals surface area (Å²) in [6.07, 6.45) is 7.47. The van der Waals surface area contributed by atoms with Gasteiger partial charge in [0.25, 0.3) is 0 Å². The van der Waals surface area contributed by atoms with E-state index in [1.165, 1.54) is 32.1 Å². The van der Waals surface area contributed by atoms with Crippen LogP contribution in [-0.4, -0.2) is 29.1 Å². The first-order chi connectivity index (χ1) is 9.02. The van der Waals surface area contributed by atoms with Gasteiger partial charge in [-0.25, -0.2) is 0 Å². The second kappa shape index (κ2) is 6.25. The van der Waals surface area contributed by atoms with Crippen LogP contribution < -0.4 is 5.32 Å². The first-order valence-corrected chi connectivity index (χ1v) is 8.11. The highest BCUT2D eigenvalue weighted by Gasteiger charge is 2.41. The van der Waals surface area contributed by atoms with Gasteiger partial charge in [-0.1, -0.05) is 27.2 Å². The van der Waals surface area contributed by atoms with Crippen LogP contribution in [0.15, 0.2) is 0 Å². The van der Waals surface area contributed by atoms with Crippen molar-refractivity contribution in [2.45, 2.75) is 84.5 Å². The first-order valence-electron chi connectivity index (χ1n) is 8.11. The monoisotopic (exact) mass is 266 g/mol. The number of nitrogens with zero attached hydrogens (tertiary/aromatic N) is 1. The number of hydrogen-bond acceptors (Lipinski definition) is 2. The minimum Gasteiger partial charge on any atom is -0.323 e. The Hall–Kier alpha value is -0.570. The molecule has 3 heteroatoms. The largest absolute Gasteiger partial charge is 0.323 e. The quantitative estimate of drug-likeness (QED) is 0.848. The molecular weight excluding hydrogens is 236 g/mol. The molecule has 1 heterocycles. The molecule has 2 fully saturated rings. The molecule has 2 rings (SSSR count). The zero-order valence-corrected chi connectivity index (χ0v) is 13.0. The molecule has 1 amide bonds. The topological polar surface area (TPSA) is 32.3 Å². The molecule has 0 bridgehead atoms. The molecule has 2 unspecified atom stereocenters. The highest BCUT2D eigenvalue weighted by atomic mass is 16.2. The number of hydrogen-bond donors (Lipinski definition) is 1. The van der Waals surface area contributed by atoms with Crippen LogP contribution in [0.2, 0.25) is 0 Å². The Morgan fingerprint density at radius 1 is 1.26 bits per heavy atom. The lowest BCUT2D eigenvalue weighted by molar-refractivity contribution is -0.133. The fourth-order valence-corrected chi connectivity index (χ4v) is 3.78. The van der Waals surface area contributed by atoms with E-state index < -0.39 is 0 Å². The summed E-state index contributed by atoms with van der Waals surface area (Å²) >= 11 is 0. The van der Waals surface area contributed by atoms with Gasteiger partial charge in [0, 0.05) is 6.04 Å². The fourth-order valence-electron chi connectivity index (χ4n) is 3.78. The number of nitrogens with one attached hydrogen (secondary N) is 1. The molecule has 3 nitrogen and oxygen atoms in total. The maximum Gasteiger partial charge on any atom is 0.241 e. The summed E-state index contributed by atoms with van der Waals surface area (Å²) in [7, 11) is 0. The summed E-state index contributed by atoms with van der Waals surface area (Å²) in [5.74, 6) is 1.81. The van der Waals surface area contributed by atoms with Gasteiger partial charge in [0.05, 0.1) is 12.2 Å². The van der Waals surface area contributed by atoms with Gasteiger partial charge in [0.2, 0.25) is 5.91 Å². The minimum absolute atomic E-state index is 0.0545. The lowest BCUT2D eigenvalue weighted by Gasteiger charge is -2.36. The summed E-state index contributed by atoms with van der Waals surface area (Å²) in [5.41, 5.74) is 0. The van der Waals surface area contributed by atoms with Crippen LogP contribution in [-0.2, 0) is 4.79 Å². The maximum absolute atomic E-state index is 12.6. The van der Waals surface area contributed by atoms with E-state index >= 15 is 0 Å². The van der Waals surface area contributed by atoms with Crippen LogP contribution in [0.25, 0.3) is 0 Å². The van der Waals surface area contributed by atoms with Crippen LogP contribution in [0.4, 0.5) is 0 Å². The van der Waals surface area contributed by atoms with E-state index in [2.05, 4.69) is 37.9 Å². The van der Waals surface area contributed by atoms with Gasteiger partial charge in [-0.05, 0) is 50.9 Å². The van der Waals surface area contributed by atoms with Crippen molar-refractivity contribution in [3.8, 4) is 0 Å². The van der Waals surface area contributed by atoms with Crippen LogP contribution in [0, 0.1) is 11.8 Å². The molecule has 0 spiro atoms. The normalized spacial score (nSPS) is 36.3. The molecule has 1 saturated heterocycles. The molecule has 0 aromatic carbocycles. The maximum atomic E-state index is 12.6. The van der Waals surface area contributed by atoms with E-state index in [0.717, 1.165) is 12.3 Å². The number of carbonyl (C=O) groups excluding carboxylic acids is 1. The molecular formula is C16H30N2O. The molecule has 0 aromatic rings. The van der Waals surface area contributed by atoms with Crippen molar-refractivity contribution in [3.63, 3.8) is 0 Å². The predicted octanol–water partition coefficient (Wildman–Crippen LogP) is 3.15. The standard InChI is InChI=1S/C16H30N2O/c1-5-13-6-8-14(9-7-13)18-12(4)17-15(16(18)19)10-11(2)3/h11-15,17H,5-10H2,1-4H3. The van der Waals surface area contributed by atoms with E-state index in [0.29, 0.717) is 17.9 Å². The van der Waals surface area contributed by atoms with Crippen molar-refractivity contribution >= 4 is 5.91 Å². The van der Waals surface area contributed by atoms with Gasteiger partial charge < -0.3 is 4.90 Å². The molecule has 2 atom stereocenters. The van der Waals surface area contributed by atoms with Crippen molar-refractivity contribution in [2.24, 2.45) is 11.8 Å². The SMILES string of the molecule is CCC1CCC(N2C(=O)C(CC(C)C)NC2C)CC1. The van der Waals surface area contributed by atoms with Gasteiger partial charge in [-0.15, -0.1) is 0 Å². The zero-order chi connectivity index (χ0) is 14.0. The summed E-state index contributed by atoms with van der Waals surface area (Å²) in [4.78, 5) is 14.7. The smallest absolute Gasteiger partial charge is 0.241 e. The molecule has 1 aliphatic carbocycles. The highest BCUT2D eigenvalue weighted by Crippen LogP contribution is 2.32. The van der Waals surface area contributed by atoms with Crippen molar-refractivity contribution in [2.75, 3.05) is 0 Å². The molecule has 1 aliphatic heterocycles. The van der Waals surface area contributed by atoms with Crippen LogP contribution in [0.5, 0.6) is 0 Å². The molecule has 0 aromatic heterocycles. The molecule has 1 saturated carbocycles. The van der Waals surface area contributed by atoms with Crippen LogP contribution in [0.1, 0.15) is 66.2 Å². The molecule has 19 heavy (non-hydrogen) atoms. The Labute approximate surface area is 118 Å². The van der Waals surface area contributed by atoms with Crippen molar-refractivity contribution in [1.29, 1.82) is 0 Å². The molecule has 110 valence electrons. The summed E-state index contributed by atoms with van der Waals surface area (Å²) in [6, 6.07) is 0.536. The fraction of sp³-hybridized carbons (Fsp3) is 0.938. The van der Waals surface area contributed by atoms with E-state index in [9.17, 15) is 4.79 Å². The van der Waals surface area contributed by atoms with Gasteiger partial charge >= 0.3 is 0 Å². The highest BCUT2D eigenvalue weighted by molar-refractivity contribution is 5.84. The van der Waals surface area contributed by atoms with Gasteiger partial charge in [0.15, 0.2) is 0 Å². The Morgan fingerprint density at radius 3 is 2.42 bits per heavy atom. The summed E-state index contributed by atoms with van der Waals surface area (Å²) in [5, 5.41) is 3.48. The molecule has 2 aliphatic rings.